The molecule has 8 heteroatoms. The Kier molecular flexibility index (Phi) is 3.06. The first-order valence-corrected chi connectivity index (χ1v) is 6.28. The van der Waals surface area contributed by atoms with Gasteiger partial charge in [-0.05, 0) is 18.2 Å². The maximum atomic E-state index is 12.1. The van der Waals surface area contributed by atoms with Gasteiger partial charge in [0.25, 0.3) is 5.56 Å². The van der Waals surface area contributed by atoms with E-state index in [1.807, 2.05) is 0 Å². The molecule has 0 unspecified atom stereocenters. The van der Waals surface area contributed by atoms with Gasteiger partial charge in [0, 0.05) is 24.2 Å². The lowest BCUT2D eigenvalue weighted by molar-refractivity contribution is -0.114. The van der Waals surface area contributed by atoms with E-state index in [4.69, 9.17) is 5.11 Å². The third-order valence-corrected chi connectivity index (χ3v) is 3.10. The van der Waals surface area contributed by atoms with Crippen molar-refractivity contribution < 1.29 is 14.7 Å². The van der Waals surface area contributed by atoms with E-state index in [1.165, 1.54) is 13.3 Å². The third kappa shape index (κ3) is 2.16. The van der Waals surface area contributed by atoms with E-state index in [0.717, 1.165) is 10.6 Å². The molecule has 0 spiro atoms. The number of carbonyl (C=O) groups excluding carboxylic acids is 1. The minimum absolute atomic E-state index is 0.208. The predicted octanol–water partition coefficient (Wildman–Crippen LogP) is 0.899. The Bertz CT molecular complexity index is 993. The molecule has 0 saturated heterocycles. The zero-order valence-corrected chi connectivity index (χ0v) is 11.4. The first kappa shape index (κ1) is 13.7. The number of nitrogens with zero attached hydrogens (tertiary/aromatic N) is 3. The molecule has 0 bridgehead atoms. The van der Waals surface area contributed by atoms with E-state index >= 15 is 0 Å². The van der Waals surface area contributed by atoms with Crippen molar-refractivity contribution in [3.63, 3.8) is 0 Å². The minimum Gasteiger partial charge on any atom is -0.477 e. The van der Waals surface area contributed by atoms with Gasteiger partial charge < -0.3 is 10.4 Å². The Morgan fingerprint density at radius 3 is 2.73 bits per heavy atom. The van der Waals surface area contributed by atoms with Crippen molar-refractivity contribution in [1.29, 1.82) is 0 Å². The van der Waals surface area contributed by atoms with Crippen LogP contribution in [-0.2, 0) is 4.79 Å². The highest BCUT2D eigenvalue weighted by molar-refractivity contribution is 5.96. The SMILES string of the molecule is CC(=O)Nc1ccc2c(c1)ncn1c(=O)c(C(=O)O)cnc21. The molecule has 2 N–H and O–H groups in total. The number of fused-ring (bicyclic) bond motifs is 3. The highest BCUT2D eigenvalue weighted by Gasteiger charge is 2.13. The standard InChI is InChI=1S/C14H10N4O4/c1-7(19)17-8-2-3-9-11(4-8)16-6-18-12(9)15-5-10(13(18)20)14(21)22/h2-6H,1H3,(H,17,19)(H,21,22). The highest BCUT2D eigenvalue weighted by Crippen LogP contribution is 2.19. The third-order valence-electron chi connectivity index (χ3n) is 3.10. The molecule has 3 aromatic rings. The Balaban J connectivity index is 2.28. The monoisotopic (exact) mass is 298 g/mol. The van der Waals surface area contributed by atoms with Gasteiger partial charge in [-0.1, -0.05) is 0 Å². The number of carboxylic acid groups (broad SMARTS) is 1. The molecule has 1 aromatic carbocycles. The molecule has 2 aromatic heterocycles. The molecular weight excluding hydrogens is 288 g/mol. The zero-order valence-electron chi connectivity index (χ0n) is 11.4. The molecule has 1 amide bonds. The van der Waals surface area contributed by atoms with E-state index in [-0.39, 0.29) is 5.91 Å². The summed E-state index contributed by atoms with van der Waals surface area (Å²) in [5, 5.41) is 12.2. The molecule has 2 heterocycles. The summed E-state index contributed by atoms with van der Waals surface area (Å²) in [6.45, 7) is 1.40. The van der Waals surface area contributed by atoms with Crippen molar-refractivity contribution in [3.05, 3.63) is 46.6 Å². The largest absolute Gasteiger partial charge is 0.477 e. The van der Waals surface area contributed by atoms with Crippen LogP contribution in [0.25, 0.3) is 16.6 Å². The van der Waals surface area contributed by atoms with Crippen molar-refractivity contribution in [1.82, 2.24) is 14.4 Å². The molecule has 0 radical (unpaired) electrons. The summed E-state index contributed by atoms with van der Waals surface area (Å²) in [5.41, 5.74) is 0.281. The van der Waals surface area contributed by atoms with Crippen LogP contribution in [0.1, 0.15) is 17.3 Å². The number of anilines is 1. The molecule has 0 atom stereocenters. The number of nitrogens with one attached hydrogen (secondary N) is 1. The molecule has 0 aliphatic heterocycles. The molecule has 0 aliphatic rings. The number of amides is 1. The fraction of sp³-hybridized carbons (Fsp3) is 0.0714. The van der Waals surface area contributed by atoms with E-state index in [2.05, 4.69) is 15.3 Å². The van der Waals surface area contributed by atoms with Crippen LogP contribution in [0.4, 0.5) is 5.69 Å². The number of hydrogen-bond acceptors (Lipinski definition) is 5. The Labute approximate surface area is 123 Å². The molecule has 3 rings (SSSR count). The Morgan fingerprint density at radius 2 is 2.05 bits per heavy atom. The van der Waals surface area contributed by atoms with Gasteiger partial charge >= 0.3 is 5.97 Å². The maximum absolute atomic E-state index is 12.1. The number of rotatable bonds is 2. The highest BCUT2D eigenvalue weighted by atomic mass is 16.4. The Hall–Kier alpha value is -3.29. The summed E-state index contributed by atoms with van der Waals surface area (Å²) < 4.78 is 1.09. The van der Waals surface area contributed by atoms with Crippen molar-refractivity contribution in [2.24, 2.45) is 0 Å². The van der Waals surface area contributed by atoms with E-state index in [9.17, 15) is 14.4 Å². The van der Waals surface area contributed by atoms with Crippen LogP contribution >= 0.6 is 0 Å². The molecule has 0 saturated carbocycles. The van der Waals surface area contributed by atoms with Gasteiger partial charge in [0.05, 0.1) is 5.52 Å². The lowest BCUT2D eigenvalue weighted by atomic mass is 10.2. The molecule has 8 nitrogen and oxygen atoms in total. The molecular formula is C14H10N4O4. The van der Waals surface area contributed by atoms with Crippen LogP contribution in [0.3, 0.4) is 0 Å². The fourth-order valence-corrected chi connectivity index (χ4v) is 2.15. The van der Waals surface area contributed by atoms with Crippen LogP contribution in [0, 0.1) is 0 Å². The summed E-state index contributed by atoms with van der Waals surface area (Å²) in [6, 6.07) is 4.96. The van der Waals surface area contributed by atoms with Crippen LogP contribution in [0.5, 0.6) is 0 Å². The van der Waals surface area contributed by atoms with E-state index in [1.54, 1.807) is 18.2 Å². The number of carboxylic acids is 1. The quantitative estimate of drug-likeness (QED) is 0.679. The second-order valence-corrected chi connectivity index (χ2v) is 4.63. The summed E-state index contributed by atoms with van der Waals surface area (Å²) in [7, 11) is 0. The number of hydrogen-bond donors (Lipinski definition) is 2. The van der Waals surface area contributed by atoms with Crippen molar-refractivity contribution >= 4 is 34.1 Å². The fourth-order valence-electron chi connectivity index (χ4n) is 2.15. The van der Waals surface area contributed by atoms with Gasteiger partial charge in [0.15, 0.2) is 0 Å². The molecule has 0 fully saturated rings. The van der Waals surface area contributed by atoms with Gasteiger partial charge in [-0.15, -0.1) is 0 Å². The van der Waals surface area contributed by atoms with Crippen LogP contribution < -0.4 is 10.9 Å². The summed E-state index contributed by atoms with van der Waals surface area (Å²) in [6.07, 6.45) is 2.25. The van der Waals surface area contributed by atoms with Crippen molar-refractivity contribution in [2.45, 2.75) is 6.92 Å². The summed E-state index contributed by atoms with van der Waals surface area (Å²) >= 11 is 0. The average Bonchev–Trinajstić information content (AvgIpc) is 2.46. The second kappa shape index (κ2) is 4.92. The minimum atomic E-state index is -1.34. The first-order chi connectivity index (χ1) is 10.5. The smallest absolute Gasteiger partial charge is 0.342 e. The number of benzene rings is 1. The Morgan fingerprint density at radius 1 is 1.27 bits per heavy atom. The number of carbonyl (C=O) groups is 2. The summed E-state index contributed by atoms with van der Waals surface area (Å²) in [4.78, 5) is 42.3. The predicted molar refractivity (Wildman–Crippen MR) is 78.0 cm³/mol. The average molecular weight is 298 g/mol. The molecule has 22 heavy (non-hydrogen) atoms. The van der Waals surface area contributed by atoms with Crippen LogP contribution in [0.15, 0.2) is 35.5 Å². The lowest BCUT2D eigenvalue weighted by Crippen LogP contribution is -2.23. The van der Waals surface area contributed by atoms with E-state index < -0.39 is 17.1 Å². The van der Waals surface area contributed by atoms with Crippen LogP contribution in [-0.4, -0.2) is 31.4 Å². The normalized spacial score (nSPS) is 10.8. The second-order valence-electron chi connectivity index (χ2n) is 4.63. The molecule has 110 valence electrons. The van der Waals surface area contributed by atoms with Gasteiger partial charge in [-0.25, -0.2) is 19.2 Å². The zero-order chi connectivity index (χ0) is 15.9. The van der Waals surface area contributed by atoms with Gasteiger partial charge in [0.2, 0.25) is 5.91 Å². The van der Waals surface area contributed by atoms with Gasteiger partial charge in [-0.3, -0.25) is 9.59 Å². The number of aromatic carboxylic acids is 1. The first-order valence-electron chi connectivity index (χ1n) is 6.28. The molecule has 0 aliphatic carbocycles. The van der Waals surface area contributed by atoms with Gasteiger partial charge in [0.1, 0.15) is 17.5 Å². The van der Waals surface area contributed by atoms with Crippen molar-refractivity contribution in [3.8, 4) is 0 Å². The van der Waals surface area contributed by atoms with Gasteiger partial charge in [-0.2, -0.15) is 0 Å². The summed E-state index contributed by atoms with van der Waals surface area (Å²) in [5.74, 6) is -1.55. The lowest BCUT2D eigenvalue weighted by Gasteiger charge is -2.07. The van der Waals surface area contributed by atoms with Crippen LogP contribution in [0.2, 0.25) is 0 Å². The number of aromatic nitrogens is 3. The topological polar surface area (TPSA) is 114 Å². The maximum Gasteiger partial charge on any atom is 0.342 e. The van der Waals surface area contributed by atoms with Crippen molar-refractivity contribution in [2.75, 3.05) is 5.32 Å². The van der Waals surface area contributed by atoms with E-state index in [0.29, 0.717) is 22.2 Å².